The second-order valence-corrected chi connectivity index (χ2v) is 10.1. The lowest BCUT2D eigenvalue weighted by atomic mass is 9.77. The number of ether oxygens (including phenoxy) is 2. The molecule has 2 N–H and O–H groups in total. The van der Waals surface area contributed by atoms with E-state index in [1.807, 2.05) is 25.1 Å². The van der Waals surface area contributed by atoms with Gasteiger partial charge in [0.2, 0.25) is 0 Å². The van der Waals surface area contributed by atoms with Crippen molar-refractivity contribution in [3.05, 3.63) is 65.2 Å². The smallest absolute Gasteiger partial charge is 0.316 e. The third-order valence-corrected chi connectivity index (χ3v) is 6.49. The fourth-order valence-electron chi connectivity index (χ4n) is 4.21. The number of esters is 1. The van der Waals surface area contributed by atoms with Gasteiger partial charge in [0.25, 0.3) is 0 Å². The quantitative estimate of drug-likeness (QED) is 0.259. The number of carbonyl (C=O) groups excluding carboxylic acids is 2. The van der Waals surface area contributed by atoms with Crippen LogP contribution in [0.5, 0.6) is 0 Å². The maximum absolute atomic E-state index is 13.4. The Balaban J connectivity index is 2.17. The number of hydrogen-bond donors (Lipinski definition) is 1. The molecule has 0 amide bonds. The first kappa shape index (κ1) is 25.8. The number of carbonyl (C=O) groups is 2. The molecule has 0 bridgehead atoms. The van der Waals surface area contributed by atoms with Gasteiger partial charge in [0.1, 0.15) is 11.6 Å². The third kappa shape index (κ3) is 5.62. The van der Waals surface area contributed by atoms with Crippen molar-refractivity contribution in [3.63, 3.8) is 0 Å². The Labute approximate surface area is 201 Å². The highest BCUT2D eigenvalue weighted by molar-refractivity contribution is 6.09. The molecule has 34 heavy (non-hydrogen) atoms. The van der Waals surface area contributed by atoms with Crippen LogP contribution in [0.25, 0.3) is 16.7 Å². The van der Waals surface area contributed by atoms with Gasteiger partial charge in [0.15, 0.2) is 6.29 Å². The molecule has 0 saturated heterocycles. The van der Waals surface area contributed by atoms with Crippen molar-refractivity contribution < 1.29 is 23.5 Å². The summed E-state index contributed by atoms with van der Waals surface area (Å²) in [7, 11) is 1.67. The predicted molar refractivity (Wildman–Crippen MR) is 131 cm³/mol. The molecular formula is C28H34FNO4. The highest BCUT2D eigenvalue weighted by Gasteiger charge is 2.41. The minimum absolute atomic E-state index is 0.0828. The van der Waals surface area contributed by atoms with Gasteiger partial charge >= 0.3 is 5.97 Å². The summed E-state index contributed by atoms with van der Waals surface area (Å²) in [6.45, 7) is 7.18. The van der Waals surface area contributed by atoms with Gasteiger partial charge in [-0.05, 0) is 93.8 Å². The Morgan fingerprint density at radius 3 is 2.21 bits per heavy atom. The van der Waals surface area contributed by atoms with E-state index in [2.05, 4.69) is 0 Å². The van der Waals surface area contributed by atoms with E-state index in [-0.39, 0.29) is 23.3 Å². The molecule has 0 aromatic heterocycles. The van der Waals surface area contributed by atoms with Crippen LogP contribution >= 0.6 is 0 Å². The van der Waals surface area contributed by atoms with Crippen LogP contribution in [-0.2, 0) is 19.1 Å². The summed E-state index contributed by atoms with van der Waals surface area (Å²) in [5.41, 5.74) is 8.45. The zero-order chi connectivity index (χ0) is 25.1. The molecule has 1 aliphatic rings. The molecule has 3 rings (SSSR count). The minimum Gasteiger partial charge on any atom is -0.428 e. The summed E-state index contributed by atoms with van der Waals surface area (Å²) in [6.07, 6.45) is 3.24. The minimum atomic E-state index is -0.982. The highest BCUT2D eigenvalue weighted by atomic mass is 19.1. The van der Waals surface area contributed by atoms with E-state index in [9.17, 15) is 14.0 Å². The Kier molecular flexibility index (Phi) is 7.74. The first-order chi connectivity index (χ1) is 16.0. The molecule has 1 fully saturated rings. The molecule has 5 nitrogen and oxygen atoms in total. The fourth-order valence-corrected chi connectivity index (χ4v) is 4.21. The molecule has 2 aromatic rings. The number of allylic oxidation sites excluding steroid dienone is 1. The Bertz CT molecular complexity index is 1070. The Hall–Kier alpha value is -2.83. The van der Waals surface area contributed by atoms with Gasteiger partial charge in [0, 0.05) is 7.11 Å². The lowest BCUT2D eigenvalue weighted by molar-refractivity contribution is -0.149. The third-order valence-electron chi connectivity index (χ3n) is 6.49. The van der Waals surface area contributed by atoms with Crippen LogP contribution in [0.15, 0.2) is 48.2 Å². The lowest BCUT2D eigenvalue weighted by Gasteiger charge is -2.39. The second kappa shape index (κ2) is 10.2. The van der Waals surface area contributed by atoms with E-state index in [1.54, 1.807) is 40.0 Å². The summed E-state index contributed by atoms with van der Waals surface area (Å²) >= 11 is 0. The number of hydrogen-bond acceptors (Lipinski definition) is 5. The molecule has 6 heteroatoms. The maximum atomic E-state index is 13.4. The number of halogens is 1. The topological polar surface area (TPSA) is 78.6 Å². The van der Waals surface area contributed by atoms with Crippen molar-refractivity contribution in [1.29, 1.82) is 0 Å². The van der Waals surface area contributed by atoms with Crippen molar-refractivity contribution in [2.45, 2.75) is 65.0 Å². The molecule has 0 atom stereocenters. The second-order valence-electron chi connectivity index (χ2n) is 10.1. The monoisotopic (exact) mass is 467 g/mol. The summed E-state index contributed by atoms with van der Waals surface area (Å²) < 4.78 is 24.9. The van der Waals surface area contributed by atoms with E-state index >= 15 is 0 Å². The van der Waals surface area contributed by atoms with Crippen molar-refractivity contribution in [2.24, 2.45) is 11.1 Å². The molecule has 0 aliphatic heterocycles. The van der Waals surface area contributed by atoms with Gasteiger partial charge in [-0.15, -0.1) is 0 Å². The van der Waals surface area contributed by atoms with Crippen LogP contribution in [0, 0.1) is 18.2 Å². The molecule has 0 unspecified atom stereocenters. The summed E-state index contributed by atoms with van der Waals surface area (Å²) in [5.74, 6) is -0.568. The molecule has 0 spiro atoms. The Morgan fingerprint density at radius 1 is 1.09 bits per heavy atom. The van der Waals surface area contributed by atoms with E-state index in [0.717, 1.165) is 23.0 Å². The largest absolute Gasteiger partial charge is 0.428 e. The van der Waals surface area contributed by atoms with Gasteiger partial charge < -0.3 is 15.2 Å². The zero-order valence-electron chi connectivity index (χ0n) is 20.6. The molecule has 0 heterocycles. The van der Waals surface area contributed by atoms with Crippen LogP contribution < -0.4 is 5.73 Å². The van der Waals surface area contributed by atoms with Crippen LogP contribution in [0.3, 0.4) is 0 Å². The van der Waals surface area contributed by atoms with Crippen LogP contribution in [0.1, 0.15) is 57.6 Å². The SMILES string of the molecule is CO[C@H]1CC[C@](N)(/C(OC(=O)C(C)(C)C)=C(\C=O)c2cc(-c3ccc(F)cc3)ccc2C)CC1. The van der Waals surface area contributed by atoms with E-state index < -0.39 is 16.9 Å². The standard InChI is InChI=1S/C28H34FNO4/c1-18-6-7-20(19-8-10-21(29)11-9-19)16-23(18)24(17-31)25(34-26(32)27(2,3)4)28(30)14-12-22(33-5)13-15-28/h6-11,16-17,22H,12-15,30H2,1-5H3/b25-24-/t22-,28+. The molecule has 1 aliphatic carbocycles. The average molecular weight is 468 g/mol. The molecule has 0 radical (unpaired) electrons. The first-order valence-corrected chi connectivity index (χ1v) is 11.6. The van der Waals surface area contributed by atoms with Crippen molar-refractivity contribution >= 4 is 17.8 Å². The van der Waals surface area contributed by atoms with Gasteiger partial charge in [-0.2, -0.15) is 0 Å². The van der Waals surface area contributed by atoms with E-state index in [0.29, 0.717) is 31.2 Å². The van der Waals surface area contributed by atoms with Gasteiger partial charge in [0.05, 0.1) is 22.6 Å². The highest BCUT2D eigenvalue weighted by Crippen LogP contribution is 2.39. The molecule has 182 valence electrons. The molecule has 2 aromatic carbocycles. The van der Waals surface area contributed by atoms with Crippen molar-refractivity contribution in [2.75, 3.05) is 7.11 Å². The van der Waals surface area contributed by atoms with Crippen molar-refractivity contribution in [1.82, 2.24) is 0 Å². The number of nitrogens with two attached hydrogens (primary N) is 1. The average Bonchev–Trinajstić information content (AvgIpc) is 2.80. The van der Waals surface area contributed by atoms with Gasteiger partial charge in [-0.3, -0.25) is 9.59 Å². The summed E-state index contributed by atoms with van der Waals surface area (Å²) in [5, 5.41) is 0. The van der Waals surface area contributed by atoms with Gasteiger partial charge in [-0.25, -0.2) is 4.39 Å². The number of benzene rings is 2. The summed E-state index contributed by atoms with van der Waals surface area (Å²) in [4.78, 5) is 25.5. The predicted octanol–water partition coefficient (Wildman–Crippen LogP) is 5.59. The van der Waals surface area contributed by atoms with Gasteiger partial charge in [-0.1, -0.05) is 24.3 Å². The van der Waals surface area contributed by atoms with Crippen LogP contribution in [-0.4, -0.2) is 31.0 Å². The first-order valence-electron chi connectivity index (χ1n) is 11.6. The van der Waals surface area contributed by atoms with Crippen LogP contribution in [0.4, 0.5) is 4.39 Å². The number of methoxy groups -OCH3 is 1. The molecule has 1 saturated carbocycles. The molecular weight excluding hydrogens is 433 g/mol. The van der Waals surface area contributed by atoms with Crippen LogP contribution in [0.2, 0.25) is 0 Å². The van der Waals surface area contributed by atoms with E-state index in [1.165, 1.54) is 12.1 Å². The van der Waals surface area contributed by atoms with Crippen molar-refractivity contribution in [3.8, 4) is 11.1 Å². The fraction of sp³-hybridized carbons (Fsp3) is 0.429. The number of aryl methyl sites for hydroxylation is 1. The normalized spacial score (nSPS) is 21.6. The zero-order valence-corrected chi connectivity index (χ0v) is 20.6. The Morgan fingerprint density at radius 2 is 1.68 bits per heavy atom. The lowest BCUT2D eigenvalue weighted by Crippen LogP contribution is -2.48. The number of rotatable bonds is 6. The summed E-state index contributed by atoms with van der Waals surface area (Å²) in [6, 6.07) is 11.8. The van der Waals surface area contributed by atoms with E-state index in [4.69, 9.17) is 15.2 Å². The number of aldehydes is 1. The maximum Gasteiger partial charge on any atom is 0.316 e.